The molecular weight excluding hydrogens is 273 g/mol. The van der Waals surface area contributed by atoms with Crippen LogP contribution < -0.4 is 0 Å². The van der Waals surface area contributed by atoms with Gasteiger partial charge in [0.05, 0.1) is 27.9 Å². The highest BCUT2D eigenvalue weighted by Gasteiger charge is 2.70. The Kier molecular flexibility index (Phi) is 3.91. The third kappa shape index (κ3) is 2.17. The van der Waals surface area contributed by atoms with E-state index in [2.05, 4.69) is 19.3 Å². The van der Waals surface area contributed by atoms with Crippen LogP contribution in [0.15, 0.2) is 5.10 Å². The van der Waals surface area contributed by atoms with Crippen molar-refractivity contribution in [1.82, 2.24) is 5.01 Å². The number of rotatable bonds is 1. The molecule has 0 aromatic heterocycles. The molecule has 1 rings (SSSR count). The molecule has 0 aromatic rings. The van der Waals surface area contributed by atoms with E-state index in [-0.39, 0.29) is 0 Å². The number of alkyl halides is 3. The summed E-state index contributed by atoms with van der Waals surface area (Å²) >= 11 is 0. The Morgan fingerprint density at radius 1 is 1.26 bits per heavy atom. The third-order valence-corrected chi connectivity index (χ3v) is 2.56. The largest absolute Gasteiger partial charge is 0.482 e. The molecule has 1 atom stereocenters. The van der Waals surface area contributed by atoms with E-state index in [9.17, 15) is 22.8 Å². The van der Waals surface area contributed by atoms with Crippen molar-refractivity contribution in [3.8, 4) is 0 Å². The minimum Gasteiger partial charge on any atom is -0.482 e. The number of ether oxygens (including phenoxy) is 3. The first-order chi connectivity index (χ1) is 8.74. The molecule has 1 heterocycles. The van der Waals surface area contributed by atoms with Crippen LogP contribution in [0, 0.1) is 5.41 Å². The first-order valence-corrected chi connectivity index (χ1v) is 4.88. The number of hydrogen-bond donors (Lipinski definition) is 0. The van der Waals surface area contributed by atoms with Gasteiger partial charge in [-0.05, 0) is 0 Å². The summed E-state index contributed by atoms with van der Waals surface area (Å²) in [5.41, 5.74) is -3.15. The van der Waals surface area contributed by atoms with Crippen molar-refractivity contribution in [3.05, 3.63) is 0 Å². The summed E-state index contributed by atoms with van der Waals surface area (Å²) in [6.07, 6.45) is -6.19. The lowest BCUT2D eigenvalue weighted by Crippen LogP contribution is -2.54. The highest BCUT2D eigenvalue weighted by molar-refractivity contribution is 6.05. The Bertz CT molecular complexity index is 423. The highest BCUT2D eigenvalue weighted by Crippen LogP contribution is 2.44. The summed E-state index contributed by atoms with van der Waals surface area (Å²) in [4.78, 5) is 22.7. The van der Waals surface area contributed by atoms with E-state index in [4.69, 9.17) is 0 Å². The van der Waals surface area contributed by atoms with Gasteiger partial charge in [-0.1, -0.05) is 0 Å². The van der Waals surface area contributed by atoms with Crippen LogP contribution in [0.25, 0.3) is 0 Å². The molecule has 1 amide bonds. The summed E-state index contributed by atoms with van der Waals surface area (Å²) in [5, 5.41) is 3.65. The van der Waals surface area contributed by atoms with E-state index >= 15 is 0 Å². The first kappa shape index (κ1) is 15.1. The number of hydrazone groups is 1. The summed E-state index contributed by atoms with van der Waals surface area (Å²) in [5.74, 6) is -2.59. The van der Waals surface area contributed by atoms with E-state index in [0.29, 0.717) is 5.01 Å². The molecule has 0 N–H and O–H groups in total. The van der Waals surface area contributed by atoms with Crippen molar-refractivity contribution in [2.75, 3.05) is 27.9 Å². The Morgan fingerprint density at radius 2 is 1.84 bits per heavy atom. The van der Waals surface area contributed by atoms with Gasteiger partial charge in [0.1, 0.15) is 0 Å². The van der Waals surface area contributed by atoms with Gasteiger partial charge in [0.25, 0.3) is 5.41 Å². The second-order valence-corrected chi connectivity index (χ2v) is 3.53. The molecule has 0 saturated carbocycles. The minimum absolute atomic E-state index is 0.350. The van der Waals surface area contributed by atoms with E-state index in [1.54, 1.807) is 0 Å². The molecule has 0 radical (unpaired) electrons. The van der Waals surface area contributed by atoms with Crippen LogP contribution in [0.4, 0.5) is 18.0 Å². The molecule has 0 saturated heterocycles. The molecular formula is C9H11F3N2O5. The lowest BCUT2D eigenvalue weighted by Gasteiger charge is -2.28. The fourth-order valence-corrected chi connectivity index (χ4v) is 1.60. The van der Waals surface area contributed by atoms with Crippen LogP contribution >= 0.6 is 0 Å². The molecule has 1 aliphatic heterocycles. The van der Waals surface area contributed by atoms with Gasteiger partial charge in [-0.15, -0.1) is 5.10 Å². The Morgan fingerprint density at radius 3 is 2.21 bits per heavy atom. The van der Waals surface area contributed by atoms with E-state index in [1.807, 2.05) is 0 Å². The minimum atomic E-state index is -5.04. The quantitative estimate of drug-likeness (QED) is 0.664. The van der Waals surface area contributed by atoms with Crippen molar-refractivity contribution >= 4 is 18.0 Å². The number of carbonyl (C=O) groups excluding carboxylic acids is 2. The Balaban J connectivity index is 3.31. The normalized spacial score (nSPS) is 22.8. The third-order valence-electron chi connectivity index (χ3n) is 2.56. The van der Waals surface area contributed by atoms with E-state index in [1.165, 1.54) is 0 Å². The number of amides is 1. The average Bonchev–Trinajstić information content (AvgIpc) is 2.77. The number of hydrogen-bond acceptors (Lipinski definition) is 6. The van der Waals surface area contributed by atoms with Crippen LogP contribution in [0.5, 0.6) is 0 Å². The maximum Gasteiger partial charge on any atom is 0.430 e. The fraction of sp³-hybridized carbons (Fsp3) is 0.667. The van der Waals surface area contributed by atoms with E-state index < -0.39 is 36.1 Å². The molecule has 1 aliphatic rings. The van der Waals surface area contributed by atoms with Gasteiger partial charge in [0.15, 0.2) is 0 Å². The standard InChI is InChI=1S/C9H11F3N2O5/c1-17-5-8(6(15)18-2,9(10,11)12)4-14(13-5)7(16)19-3/h4H2,1-3H3. The average molecular weight is 284 g/mol. The maximum absolute atomic E-state index is 13.2. The lowest BCUT2D eigenvalue weighted by atomic mass is 9.87. The van der Waals surface area contributed by atoms with Crippen LogP contribution in [0.2, 0.25) is 0 Å². The zero-order valence-corrected chi connectivity index (χ0v) is 10.3. The van der Waals surface area contributed by atoms with Crippen molar-refractivity contribution < 1.29 is 37.0 Å². The zero-order valence-electron chi connectivity index (χ0n) is 10.3. The molecule has 0 fully saturated rings. The van der Waals surface area contributed by atoms with Crippen molar-refractivity contribution in [2.24, 2.45) is 10.5 Å². The van der Waals surface area contributed by atoms with Gasteiger partial charge in [-0.2, -0.15) is 18.2 Å². The van der Waals surface area contributed by atoms with Gasteiger partial charge < -0.3 is 14.2 Å². The number of carbonyl (C=O) groups is 2. The lowest BCUT2D eigenvalue weighted by molar-refractivity contribution is -0.215. The molecule has 1 unspecified atom stereocenters. The smallest absolute Gasteiger partial charge is 0.430 e. The summed E-state index contributed by atoms with van der Waals surface area (Å²) < 4.78 is 52.5. The molecule has 0 bridgehead atoms. The predicted octanol–water partition coefficient (Wildman–Crippen LogP) is 0.750. The number of esters is 1. The second-order valence-electron chi connectivity index (χ2n) is 3.53. The van der Waals surface area contributed by atoms with Gasteiger partial charge in [-0.25, -0.2) is 4.79 Å². The molecule has 0 spiro atoms. The van der Waals surface area contributed by atoms with Gasteiger partial charge in [-0.3, -0.25) is 4.79 Å². The molecule has 0 aliphatic carbocycles. The monoisotopic (exact) mass is 284 g/mol. The van der Waals surface area contributed by atoms with Crippen LogP contribution in [0.3, 0.4) is 0 Å². The number of halogens is 3. The SMILES string of the molecule is COC(=O)N1CC(C(=O)OC)(C(F)(F)F)C(OC)=N1. The highest BCUT2D eigenvalue weighted by atomic mass is 19.4. The second kappa shape index (κ2) is 4.94. The Hall–Kier alpha value is -2.00. The van der Waals surface area contributed by atoms with Crippen LogP contribution in [-0.2, 0) is 19.0 Å². The van der Waals surface area contributed by atoms with Gasteiger partial charge >= 0.3 is 18.2 Å². The van der Waals surface area contributed by atoms with Crippen LogP contribution in [0.1, 0.15) is 0 Å². The molecule has 7 nitrogen and oxygen atoms in total. The Labute approximate surface area is 105 Å². The van der Waals surface area contributed by atoms with Crippen molar-refractivity contribution in [3.63, 3.8) is 0 Å². The van der Waals surface area contributed by atoms with E-state index in [0.717, 1.165) is 21.3 Å². The van der Waals surface area contributed by atoms with Gasteiger partial charge in [0.2, 0.25) is 5.90 Å². The fourth-order valence-electron chi connectivity index (χ4n) is 1.60. The maximum atomic E-state index is 13.2. The molecule has 108 valence electrons. The number of nitrogens with zero attached hydrogens (tertiary/aromatic N) is 2. The van der Waals surface area contributed by atoms with Crippen molar-refractivity contribution in [1.29, 1.82) is 0 Å². The predicted molar refractivity (Wildman–Crippen MR) is 54.1 cm³/mol. The molecule has 19 heavy (non-hydrogen) atoms. The zero-order chi connectivity index (χ0) is 14.8. The van der Waals surface area contributed by atoms with Crippen molar-refractivity contribution in [2.45, 2.75) is 6.18 Å². The summed E-state index contributed by atoms with van der Waals surface area (Å²) in [7, 11) is 2.67. The molecule has 0 aromatic carbocycles. The first-order valence-electron chi connectivity index (χ1n) is 4.88. The molecule has 10 heteroatoms. The summed E-state index contributed by atoms with van der Waals surface area (Å²) in [6.45, 7) is -1.10. The summed E-state index contributed by atoms with van der Waals surface area (Å²) in [6, 6.07) is 0. The topological polar surface area (TPSA) is 77.4 Å². The van der Waals surface area contributed by atoms with Crippen LogP contribution in [-0.4, -0.2) is 57.0 Å². The van der Waals surface area contributed by atoms with Gasteiger partial charge in [0, 0.05) is 0 Å². The number of methoxy groups -OCH3 is 3.